The van der Waals surface area contributed by atoms with Crippen LogP contribution in [0.4, 0.5) is 18.9 Å². The SMILES string of the molecule is Cc1cc(Br)c(NC2CCCCC2C(F)(F)F)cc1Cl. The third-order valence-corrected chi connectivity index (χ3v) is 4.84. The number of hydrogen-bond donors (Lipinski definition) is 1. The normalized spacial score (nSPS) is 23.7. The van der Waals surface area contributed by atoms with Gasteiger partial charge in [0.1, 0.15) is 0 Å². The van der Waals surface area contributed by atoms with Gasteiger partial charge in [-0.15, -0.1) is 0 Å². The molecule has 0 saturated heterocycles. The molecular formula is C14H16BrClF3N. The Kier molecular flexibility index (Phi) is 4.90. The molecule has 1 aromatic carbocycles. The highest BCUT2D eigenvalue weighted by molar-refractivity contribution is 9.10. The topological polar surface area (TPSA) is 12.0 Å². The Bertz CT molecular complexity index is 490. The molecule has 0 spiro atoms. The van der Waals surface area contributed by atoms with Crippen LogP contribution < -0.4 is 5.32 Å². The number of alkyl halides is 3. The van der Waals surface area contributed by atoms with Crippen LogP contribution in [0.3, 0.4) is 0 Å². The fourth-order valence-corrected chi connectivity index (χ4v) is 3.39. The highest BCUT2D eigenvalue weighted by atomic mass is 79.9. The minimum atomic E-state index is -4.15. The molecular weight excluding hydrogens is 355 g/mol. The van der Waals surface area contributed by atoms with E-state index in [9.17, 15) is 13.2 Å². The minimum absolute atomic E-state index is 0.193. The van der Waals surface area contributed by atoms with E-state index in [0.717, 1.165) is 16.5 Å². The second kappa shape index (κ2) is 6.14. The van der Waals surface area contributed by atoms with Gasteiger partial charge in [-0.2, -0.15) is 13.2 Å². The molecule has 2 rings (SSSR count). The fourth-order valence-electron chi connectivity index (χ4n) is 2.65. The molecule has 0 aromatic heterocycles. The lowest BCUT2D eigenvalue weighted by molar-refractivity contribution is -0.184. The van der Waals surface area contributed by atoms with Crippen LogP contribution in [0, 0.1) is 12.8 Å². The van der Waals surface area contributed by atoms with E-state index in [-0.39, 0.29) is 6.42 Å². The summed E-state index contributed by atoms with van der Waals surface area (Å²) in [4.78, 5) is 0. The number of rotatable bonds is 2. The number of aryl methyl sites for hydroxylation is 1. The van der Waals surface area contributed by atoms with Crippen molar-refractivity contribution in [1.82, 2.24) is 0 Å². The molecule has 1 nitrogen and oxygen atoms in total. The van der Waals surface area contributed by atoms with Crippen molar-refractivity contribution in [3.05, 3.63) is 27.2 Å². The lowest BCUT2D eigenvalue weighted by Crippen LogP contribution is -2.41. The molecule has 0 heterocycles. The lowest BCUT2D eigenvalue weighted by Gasteiger charge is -2.34. The van der Waals surface area contributed by atoms with E-state index in [1.807, 2.05) is 13.0 Å². The van der Waals surface area contributed by atoms with E-state index in [2.05, 4.69) is 21.2 Å². The van der Waals surface area contributed by atoms with Gasteiger partial charge in [-0.3, -0.25) is 0 Å². The third kappa shape index (κ3) is 3.61. The smallest absolute Gasteiger partial charge is 0.381 e. The molecule has 112 valence electrons. The molecule has 20 heavy (non-hydrogen) atoms. The summed E-state index contributed by atoms with van der Waals surface area (Å²) in [6.07, 6.45) is -1.97. The van der Waals surface area contributed by atoms with E-state index in [0.29, 0.717) is 23.6 Å². The molecule has 0 amide bonds. The van der Waals surface area contributed by atoms with Crippen molar-refractivity contribution >= 4 is 33.2 Å². The molecule has 2 atom stereocenters. The molecule has 1 aromatic rings. The quantitative estimate of drug-likeness (QED) is 0.679. The van der Waals surface area contributed by atoms with Gasteiger partial charge in [-0.25, -0.2) is 0 Å². The Morgan fingerprint density at radius 2 is 1.90 bits per heavy atom. The first-order valence-corrected chi connectivity index (χ1v) is 7.75. The van der Waals surface area contributed by atoms with Crippen molar-refractivity contribution in [3.8, 4) is 0 Å². The van der Waals surface area contributed by atoms with Gasteiger partial charge in [0.25, 0.3) is 0 Å². The molecule has 1 N–H and O–H groups in total. The Morgan fingerprint density at radius 3 is 2.55 bits per heavy atom. The maximum absolute atomic E-state index is 13.1. The summed E-state index contributed by atoms with van der Waals surface area (Å²) in [6.45, 7) is 1.86. The molecule has 2 unspecified atom stereocenters. The predicted molar refractivity (Wildman–Crippen MR) is 79.3 cm³/mol. The van der Waals surface area contributed by atoms with E-state index >= 15 is 0 Å². The molecule has 0 bridgehead atoms. The summed E-state index contributed by atoms with van der Waals surface area (Å²) in [6, 6.07) is 2.91. The lowest BCUT2D eigenvalue weighted by atomic mass is 9.84. The Balaban J connectivity index is 2.21. The summed E-state index contributed by atoms with van der Waals surface area (Å²) < 4.78 is 39.9. The van der Waals surface area contributed by atoms with Crippen LogP contribution in [0.1, 0.15) is 31.2 Å². The van der Waals surface area contributed by atoms with Crippen LogP contribution in [0.25, 0.3) is 0 Å². The third-order valence-electron chi connectivity index (χ3n) is 3.78. The second-order valence-electron chi connectivity index (χ2n) is 5.26. The van der Waals surface area contributed by atoms with Crippen LogP contribution in [-0.4, -0.2) is 12.2 Å². The van der Waals surface area contributed by atoms with Gasteiger partial charge in [0, 0.05) is 15.5 Å². The Morgan fingerprint density at radius 1 is 1.25 bits per heavy atom. The molecule has 0 radical (unpaired) electrons. The highest BCUT2D eigenvalue weighted by Crippen LogP contribution is 2.40. The van der Waals surface area contributed by atoms with Crippen molar-refractivity contribution in [1.29, 1.82) is 0 Å². The minimum Gasteiger partial charge on any atom is -0.381 e. The summed E-state index contributed by atoms with van der Waals surface area (Å²) in [5.74, 6) is -1.29. The maximum atomic E-state index is 13.1. The first-order valence-electron chi connectivity index (χ1n) is 6.58. The van der Waals surface area contributed by atoms with Gasteiger partial charge >= 0.3 is 6.18 Å². The number of hydrogen-bond acceptors (Lipinski definition) is 1. The van der Waals surface area contributed by atoms with Gasteiger partial charge in [0.15, 0.2) is 0 Å². The van der Waals surface area contributed by atoms with Crippen molar-refractivity contribution in [2.45, 2.75) is 44.8 Å². The summed E-state index contributed by atoms with van der Waals surface area (Å²) in [7, 11) is 0. The maximum Gasteiger partial charge on any atom is 0.393 e. The first-order chi connectivity index (χ1) is 9.29. The Labute approximate surface area is 130 Å². The van der Waals surface area contributed by atoms with Crippen molar-refractivity contribution in [3.63, 3.8) is 0 Å². The fraction of sp³-hybridized carbons (Fsp3) is 0.571. The molecule has 1 saturated carbocycles. The monoisotopic (exact) mass is 369 g/mol. The molecule has 1 fully saturated rings. The highest BCUT2D eigenvalue weighted by Gasteiger charge is 2.45. The zero-order chi connectivity index (χ0) is 14.9. The summed E-state index contributed by atoms with van der Waals surface area (Å²) in [5.41, 5.74) is 1.52. The zero-order valence-electron chi connectivity index (χ0n) is 11.0. The van der Waals surface area contributed by atoms with E-state index in [1.54, 1.807) is 6.07 Å². The molecule has 0 aliphatic heterocycles. The van der Waals surface area contributed by atoms with Crippen LogP contribution in [0.2, 0.25) is 5.02 Å². The summed E-state index contributed by atoms with van der Waals surface area (Å²) >= 11 is 9.42. The van der Waals surface area contributed by atoms with Gasteiger partial charge in [0.05, 0.1) is 11.6 Å². The van der Waals surface area contributed by atoms with Crippen LogP contribution >= 0.6 is 27.5 Å². The number of nitrogens with one attached hydrogen (secondary N) is 1. The van der Waals surface area contributed by atoms with Crippen LogP contribution in [0.15, 0.2) is 16.6 Å². The van der Waals surface area contributed by atoms with Crippen molar-refractivity contribution < 1.29 is 13.2 Å². The average molecular weight is 371 g/mol. The van der Waals surface area contributed by atoms with E-state index in [1.165, 1.54) is 0 Å². The molecule has 1 aliphatic rings. The van der Waals surface area contributed by atoms with Gasteiger partial charge in [-0.05, 0) is 53.4 Å². The van der Waals surface area contributed by atoms with Gasteiger partial charge in [0.2, 0.25) is 0 Å². The van der Waals surface area contributed by atoms with Crippen molar-refractivity contribution in [2.75, 3.05) is 5.32 Å². The Hall–Kier alpha value is -0.420. The van der Waals surface area contributed by atoms with Gasteiger partial charge < -0.3 is 5.32 Å². The predicted octanol–water partition coefficient (Wildman–Crippen LogP) is 5.94. The largest absolute Gasteiger partial charge is 0.393 e. The first kappa shape index (κ1) is 16.0. The standard InChI is InChI=1S/C14H16BrClF3N/c1-8-6-10(15)13(7-11(8)16)20-12-5-3-2-4-9(12)14(17,18)19/h6-7,9,12,20H,2-5H2,1H3. The van der Waals surface area contributed by atoms with Crippen molar-refractivity contribution in [2.24, 2.45) is 5.92 Å². The van der Waals surface area contributed by atoms with E-state index in [4.69, 9.17) is 11.6 Å². The van der Waals surface area contributed by atoms with E-state index < -0.39 is 18.1 Å². The second-order valence-corrected chi connectivity index (χ2v) is 6.53. The number of anilines is 1. The average Bonchev–Trinajstić information content (AvgIpc) is 2.35. The van der Waals surface area contributed by atoms with Crippen LogP contribution in [-0.2, 0) is 0 Å². The van der Waals surface area contributed by atoms with Gasteiger partial charge in [-0.1, -0.05) is 24.4 Å². The number of halogens is 5. The summed E-state index contributed by atoms with van der Waals surface area (Å²) in [5, 5.41) is 3.57. The molecule has 6 heteroatoms. The molecule has 1 aliphatic carbocycles. The number of benzene rings is 1. The zero-order valence-corrected chi connectivity index (χ0v) is 13.4. The van der Waals surface area contributed by atoms with Crippen LogP contribution in [0.5, 0.6) is 0 Å².